The lowest BCUT2D eigenvalue weighted by Gasteiger charge is -2.17. The molecule has 2 aromatic rings. The van der Waals surface area contributed by atoms with Crippen LogP contribution in [0.1, 0.15) is 26.5 Å². The second kappa shape index (κ2) is 5.39. The van der Waals surface area contributed by atoms with Crippen LogP contribution in [0, 0.1) is 0 Å². The first-order chi connectivity index (χ1) is 8.88. The van der Waals surface area contributed by atoms with Gasteiger partial charge < -0.3 is 5.32 Å². The van der Waals surface area contributed by atoms with Crippen molar-refractivity contribution in [3.8, 4) is 0 Å². The van der Waals surface area contributed by atoms with Gasteiger partial charge in [0.15, 0.2) is 0 Å². The molecule has 1 heterocycles. The first-order valence-corrected chi connectivity index (χ1v) is 6.73. The molecule has 1 aromatic heterocycles. The fourth-order valence-corrected chi connectivity index (χ4v) is 2.08. The summed E-state index contributed by atoms with van der Waals surface area (Å²) >= 11 is 12.2. The highest BCUT2D eigenvalue weighted by molar-refractivity contribution is 6.39. The number of hydrogen-bond acceptors (Lipinski definition) is 3. The Morgan fingerprint density at radius 2 is 1.84 bits per heavy atom. The van der Waals surface area contributed by atoms with Gasteiger partial charge in [-0.2, -0.15) is 0 Å². The van der Waals surface area contributed by atoms with E-state index >= 15 is 0 Å². The van der Waals surface area contributed by atoms with Gasteiger partial charge in [0.2, 0.25) is 0 Å². The summed E-state index contributed by atoms with van der Waals surface area (Å²) in [5.74, 6) is 0. The molecule has 0 fully saturated rings. The summed E-state index contributed by atoms with van der Waals surface area (Å²) in [6.07, 6.45) is 1.91. The third-order valence-electron chi connectivity index (χ3n) is 2.64. The Bertz CT molecular complexity index is 552. The molecule has 6 heteroatoms. The molecule has 0 aliphatic heterocycles. The number of nitrogens with zero attached hydrogens (tertiary/aromatic N) is 3. The van der Waals surface area contributed by atoms with Crippen molar-refractivity contribution < 1.29 is 0 Å². The second-order valence-corrected chi connectivity index (χ2v) is 6.09. The highest BCUT2D eigenvalue weighted by Gasteiger charge is 2.15. The Balaban J connectivity index is 2.09. The van der Waals surface area contributed by atoms with Crippen molar-refractivity contribution in [3.63, 3.8) is 0 Å². The van der Waals surface area contributed by atoms with Crippen LogP contribution in [0.15, 0.2) is 24.4 Å². The van der Waals surface area contributed by atoms with Crippen LogP contribution >= 0.6 is 23.2 Å². The first kappa shape index (κ1) is 14.2. The van der Waals surface area contributed by atoms with Gasteiger partial charge in [0.05, 0.1) is 34.0 Å². The van der Waals surface area contributed by atoms with Crippen LogP contribution in [0.4, 0.5) is 5.69 Å². The number of aromatic nitrogens is 3. The zero-order chi connectivity index (χ0) is 14.0. The van der Waals surface area contributed by atoms with E-state index in [1.165, 1.54) is 0 Å². The summed E-state index contributed by atoms with van der Waals surface area (Å²) in [7, 11) is 0. The van der Waals surface area contributed by atoms with Gasteiger partial charge in [-0.3, -0.25) is 0 Å². The largest absolute Gasteiger partial charge is 0.377 e. The molecule has 0 spiro atoms. The highest BCUT2D eigenvalue weighted by Crippen LogP contribution is 2.30. The standard InChI is InChI=1S/C13H16Cl2N4/c1-13(2,3)19-8-9(17-18-19)7-16-12-10(14)5-4-6-11(12)15/h4-6,8,16H,7H2,1-3H3. The van der Waals surface area contributed by atoms with Gasteiger partial charge in [-0.1, -0.05) is 34.5 Å². The minimum atomic E-state index is -0.0761. The molecule has 0 radical (unpaired) electrons. The van der Waals surface area contributed by atoms with Crippen molar-refractivity contribution in [2.45, 2.75) is 32.9 Å². The molecule has 0 saturated carbocycles. The zero-order valence-electron chi connectivity index (χ0n) is 11.1. The van der Waals surface area contributed by atoms with E-state index in [1.807, 2.05) is 16.9 Å². The maximum absolute atomic E-state index is 6.09. The fraction of sp³-hybridized carbons (Fsp3) is 0.385. The smallest absolute Gasteiger partial charge is 0.102 e. The number of para-hydroxylation sites is 1. The topological polar surface area (TPSA) is 42.7 Å². The van der Waals surface area contributed by atoms with Gasteiger partial charge in [0, 0.05) is 0 Å². The number of halogens is 2. The second-order valence-electron chi connectivity index (χ2n) is 5.28. The summed E-state index contributed by atoms with van der Waals surface area (Å²) in [4.78, 5) is 0. The maximum Gasteiger partial charge on any atom is 0.102 e. The van der Waals surface area contributed by atoms with Crippen LogP contribution in [-0.4, -0.2) is 15.0 Å². The normalized spacial score (nSPS) is 11.6. The predicted octanol–water partition coefficient (Wildman–Crippen LogP) is 3.95. The summed E-state index contributed by atoms with van der Waals surface area (Å²) < 4.78 is 1.83. The minimum absolute atomic E-state index is 0.0761. The number of rotatable bonds is 3. The fourth-order valence-electron chi connectivity index (χ4n) is 1.55. The van der Waals surface area contributed by atoms with Gasteiger partial charge in [-0.25, -0.2) is 4.68 Å². The molecule has 0 saturated heterocycles. The van der Waals surface area contributed by atoms with Crippen molar-refractivity contribution in [2.75, 3.05) is 5.32 Å². The molecule has 4 nitrogen and oxygen atoms in total. The van der Waals surface area contributed by atoms with E-state index in [0.29, 0.717) is 16.6 Å². The van der Waals surface area contributed by atoms with Gasteiger partial charge in [0.25, 0.3) is 0 Å². The Morgan fingerprint density at radius 3 is 2.37 bits per heavy atom. The third kappa shape index (κ3) is 3.39. The Morgan fingerprint density at radius 1 is 1.21 bits per heavy atom. The molecule has 0 aliphatic carbocycles. The molecule has 102 valence electrons. The molecule has 0 atom stereocenters. The number of nitrogens with one attached hydrogen (secondary N) is 1. The van der Waals surface area contributed by atoms with E-state index in [-0.39, 0.29) is 5.54 Å². The Labute approximate surface area is 122 Å². The SMILES string of the molecule is CC(C)(C)n1cc(CNc2c(Cl)cccc2Cl)nn1. The molecule has 0 aliphatic rings. The lowest BCUT2D eigenvalue weighted by atomic mass is 10.1. The van der Waals surface area contributed by atoms with Crippen molar-refractivity contribution in [2.24, 2.45) is 0 Å². The molecule has 0 amide bonds. The van der Waals surface area contributed by atoms with E-state index in [0.717, 1.165) is 11.4 Å². The average Bonchev–Trinajstić information content (AvgIpc) is 2.77. The first-order valence-electron chi connectivity index (χ1n) is 5.97. The zero-order valence-corrected chi connectivity index (χ0v) is 12.6. The number of hydrogen-bond donors (Lipinski definition) is 1. The third-order valence-corrected chi connectivity index (χ3v) is 3.27. The van der Waals surface area contributed by atoms with E-state index in [2.05, 4.69) is 36.4 Å². The Kier molecular flexibility index (Phi) is 4.02. The lowest BCUT2D eigenvalue weighted by Crippen LogP contribution is -2.22. The van der Waals surface area contributed by atoms with Crippen molar-refractivity contribution in [3.05, 3.63) is 40.1 Å². The van der Waals surface area contributed by atoms with Gasteiger partial charge in [-0.15, -0.1) is 5.10 Å². The van der Waals surface area contributed by atoms with Crippen LogP contribution < -0.4 is 5.32 Å². The van der Waals surface area contributed by atoms with Crippen molar-refractivity contribution in [1.82, 2.24) is 15.0 Å². The summed E-state index contributed by atoms with van der Waals surface area (Å²) in [6.45, 7) is 6.75. The molecular formula is C13H16Cl2N4. The van der Waals surface area contributed by atoms with Crippen LogP contribution in [0.25, 0.3) is 0 Å². The molecule has 0 unspecified atom stereocenters. The van der Waals surface area contributed by atoms with Crippen LogP contribution in [0.3, 0.4) is 0 Å². The van der Waals surface area contributed by atoms with Crippen LogP contribution in [0.5, 0.6) is 0 Å². The maximum atomic E-state index is 6.09. The molecule has 19 heavy (non-hydrogen) atoms. The quantitative estimate of drug-likeness (QED) is 0.933. The van der Waals surface area contributed by atoms with Crippen molar-refractivity contribution in [1.29, 1.82) is 0 Å². The minimum Gasteiger partial charge on any atom is -0.377 e. The highest BCUT2D eigenvalue weighted by atomic mass is 35.5. The lowest BCUT2D eigenvalue weighted by molar-refractivity contribution is 0.347. The van der Waals surface area contributed by atoms with Gasteiger partial charge in [0.1, 0.15) is 5.69 Å². The van der Waals surface area contributed by atoms with Gasteiger partial charge >= 0.3 is 0 Å². The number of benzene rings is 1. The van der Waals surface area contributed by atoms with E-state index in [4.69, 9.17) is 23.2 Å². The molecule has 2 rings (SSSR count). The van der Waals surface area contributed by atoms with E-state index in [9.17, 15) is 0 Å². The monoisotopic (exact) mass is 298 g/mol. The van der Waals surface area contributed by atoms with E-state index in [1.54, 1.807) is 12.1 Å². The predicted molar refractivity (Wildman–Crippen MR) is 78.8 cm³/mol. The molecule has 1 aromatic carbocycles. The molecule has 1 N–H and O–H groups in total. The Hall–Kier alpha value is -1.26. The summed E-state index contributed by atoms with van der Waals surface area (Å²) in [5, 5.41) is 12.6. The van der Waals surface area contributed by atoms with Crippen molar-refractivity contribution >= 4 is 28.9 Å². The number of anilines is 1. The van der Waals surface area contributed by atoms with Gasteiger partial charge in [-0.05, 0) is 32.9 Å². The van der Waals surface area contributed by atoms with Crippen LogP contribution in [-0.2, 0) is 12.1 Å². The molecule has 0 bridgehead atoms. The molecular weight excluding hydrogens is 283 g/mol. The van der Waals surface area contributed by atoms with Crippen LogP contribution in [0.2, 0.25) is 10.0 Å². The summed E-state index contributed by atoms with van der Waals surface area (Å²) in [6, 6.07) is 5.40. The summed E-state index contributed by atoms with van der Waals surface area (Å²) in [5.41, 5.74) is 1.48. The average molecular weight is 299 g/mol. The van der Waals surface area contributed by atoms with E-state index < -0.39 is 0 Å².